The summed E-state index contributed by atoms with van der Waals surface area (Å²) in [5.74, 6) is 0.622. The van der Waals surface area contributed by atoms with Crippen molar-refractivity contribution in [1.29, 1.82) is 0 Å². The molecule has 9 heteroatoms. The van der Waals surface area contributed by atoms with Gasteiger partial charge in [-0.2, -0.15) is 9.29 Å². The third-order valence-electron chi connectivity index (χ3n) is 4.24. The first-order chi connectivity index (χ1) is 12.6. The van der Waals surface area contributed by atoms with E-state index in [9.17, 15) is 8.42 Å². The van der Waals surface area contributed by atoms with Crippen LogP contribution < -0.4 is 0 Å². The highest BCUT2D eigenvalue weighted by Gasteiger charge is 2.39. The van der Waals surface area contributed by atoms with E-state index in [1.807, 2.05) is 6.07 Å². The molecule has 0 aliphatic carbocycles. The van der Waals surface area contributed by atoms with Gasteiger partial charge in [0.2, 0.25) is 21.7 Å². The van der Waals surface area contributed by atoms with Crippen LogP contribution in [0.25, 0.3) is 11.5 Å². The minimum Gasteiger partial charge on any atom is -0.337 e. The Morgan fingerprint density at radius 1 is 1.15 bits per heavy atom. The average Bonchev–Trinajstić information content (AvgIpc) is 3.32. The number of rotatable bonds is 4. The summed E-state index contributed by atoms with van der Waals surface area (Å²) in [5.41, 5.74) is 0.576. The number of pyridine rings is 1. The number of halogens is 1. The second-order valence-electron chi connectivity index (χ2n) is 5.90. The Bertz CT molecular complexity index is 1010. The molecule has 0 amide bonds. The van der Waals surface area contributed by atoms with Crippen LogP contribution in [0.2, 0.25) is 5.02 Å². The van der Waals surface area contributed by atoms with Gasteiger partial charge in [-0.15, -0.1) is 0 Å². The fourth-order valence-electron chi connectivity index (χ4n) is 2.99. The van der Waals surface area contributed by atoms with Crippen LogP contribution in [0, 0.1) is 0 Å². The predicted octanol–water partition coefficient (Wildman–Crippen LogP) is 3.31. The highest BCUT2D eigenvalue weighted by molar-refractivity contribution is 7.89. The smallest absolute Gasteiger partial charge is 0.245 e. The second-order valence-corrected chi connectivity index (χ2v) is 8.23. The van der Waals surface area contributed by atoms with Crippen molar-refractivity contribution in [3.63, 3.8) is 0 Å². The molecule has 26 heavy (non-hydrogen) atoms. The van der Waals surface area contributed by atoms with Crippen molar-refractivity contribution in [2.24, 2.45) is 0 Å². The van der Waals surface area contributed by atoms with Crippen LogP contribution in [0.15, 0.2) is 58.1 Å². The number of sulfonamides is 1. The van der Waals surface area contributed by atoms with Gasteiger partial charge in [-0.1, -0.05) is 22.8 Å². The molecule has 7 nitrogen and oxygen atoms in total. The van der Waals surface area contributed by atoms with Crippen LogP contribution in [-0.2, 0) is 10.0 Å². The van der Waals surface area contributed by atoms with Gasteiger partial charge in [-0.05, 0) is 49.2 Å². The van der Waals surface area contributed by atoms with Gasteiger partial charge in [0.15, 0.2) is 0 Å². The summed E-state index contributed by atoms with van der Waals surface area (Å²) in [5, 5.41) is 4.43. The lowest BCUT2D eigenvalue weighted by Crippen LogP contribution is -2.30. The zero-order valence-corrected chi connectivity index (χ0v) is 15.2. The van der Waals surface area contributed by atoms with Gasteiger partial charge in [-0.25, -0.2) is 8.42 Å². The summed E-state index contributed by atoms with van der Waals surface area (Å²) < 4.78 is 32.7. The average molecular weight is 391 g/mol. The molecule has 3 heterocycles. The molecular formula is C17H15ClN4O3S. The summed E-state index contributed by atoms with van der Waals surface area (Å²) in [7, 11) is -3.68. The molecule has 0 radical (unpaired) electrons. The van der Waals surface area contributed by atoms with Crippen molar-refractivity contribution >= 4 is 21.6 Å². The fraction of sp³-hybridized carbons (Fsp3) is 0.235. The summed E-state index contributed by atoms with van der Waals surface area (Å²) in [6, 6.07) is 11.0. The van der Waals surface area contributed by atoms with E-state index < -0.39 is 16.1 Å². The maximum atomic E-state index is 13.0. The number of hydrogen-bond acceptors (Lipinski definition) is 6. The minimum atomic E-state index is -3.68. The van der Waals surface area contributed by atoms with Crippen molar-refractivity contribution in [1.82, 2.24) is 19.4 Å². The molecule has 1 aliphatic heterocycles. The predicted molar refractivity (Wildman–Crippen MR) is 94.8 cm³/mol. The zero-order valence-electron chi connectivity index (χ0n) is 13.6. The highest BCUT2D eigenvalue weighted by Crippen LogP contribution is 2.36. The molecule has 4 rings (SSSR count). The molecule has 1 saturated heterocycles. The van der Waals surface area contributed by atoms with Gasteiger partial charge in [0.1, 0.15) is 11.7 Å². The van der Waals surface area contributed by atoms with Crippen molar-refractivity contribution in [3.8, 4) is 11.5 Å². The highest BCUT2D eigenvalue weighted by atomic mass is 35.5. The first-order valence-electron chi connectivity index (χ1n) is 8.08. The molecule has 3 aromatic rings. The van der Waals surface area contributed by atoms with Crippen LogP contribution in [-0.4, -0.2) is 34.4 Å². The number of aromatic nitrogens is 3. The molecule has 0 bridgehead atoms. The summed E-state index contributed by atoms with van der Waals surface area (Å²) in [4.78, 5) is 8.74. The van der Waals surface area contributed by atoms with Crippen molar-refractivity contribution < 1.29 is 12.9 Å². The van der Waals surface area contributed by atoms with Crippen molar-refractivity contribution in [2.75, 3.05) is 6.54 Å². The molecule has 0 N–H and O–H groups in total. The monoisotopic (exact) mass is 390 g/mol. The van der Waals surface area contributed by atoms with E-state index in [1.54, 1.807) is 30.5 Å². The van der Waals surface area contributed by atoms with E-state index in [1.165, 1.54) is 16.4 Å². The Morgan fingerprint density at radius 2 is 1.96 bits per heavy atom. The Morgan fingerprint density at radius 3 is 2.69 bits per heavy atom. The van der Waals surface area contributed by atoms with Gasteiger partial charge in [-0.3, -0.25) is 4.98 Å². The lowest BCUT2D eigenvalue weighted by molar-refractivity contribution is 0.290. The van der Waals surface area contributed by atoms with Crippen LogP contribution >= 0.6 is 11.6 Å². The standard InChI is InChI=1S/C17H15ClN4O3S/c18-12-6-8-13(9-7-12)26(23,24)22-11-3-5-15(22)17-20-16(21-25-17)14-4-1-2-10-19-14/h1-2,4,6-10,15H,3,5,11H2/t15-/m0/s1. The van der Waals surface area contributed by atoms with Crippen LogP contribution in [0.4, 0.5) is 0 Å². The van der Waals surface area contributed by atoms with E-state index in [0.29, 0.717) is 29.5 Å². The summed E-state index contributed by atoms with van der Waals surface area (Å²) in [6.07, 6.45) is 2.98. The Hall–Kier alpha value is -2.29. The van der Waals surface area contributed by atoms with Gasteiger partial charge < -0.3 is 4.52 Å². The first kappa shape index (κ1) is 17.1. The van der Waals surface area contributed by atoms with Gasteiger partial charge in [0.25, 0.3) is 0 Å². The topological polar surface area (TPSA) is 89.2 Å². The number of hydrogen-bond donors (Lipinski definition) is 0. The van der Waals surface area contributed by atoms with Crippen LogP contribution in [0.5, 0.6) is 0 Å². The largest absolute Gasteiger partial charge is 0.337 e. The maximum Gasteiger partial charge on any atom is 0.245 e. The molecule has 1 aromatic carbocycles. The molecule has 2 aromatic heterocycles. The minimum absolute atomic E-state index is 0.193. The molecular weight excluding hydrogens is 376 g/mol. The van der Waals surface area contributed by atoms with Crippen molar-refractivity contribution in [2.45, 2.75) is 23.8 Å². The fourth-order valence-corrected chi connectivity index (χ4v) is 4.76. The third-order valence-corrected chi connectivity index (χ3v) is 6.42. The van der Waals surface area contributed by atoms with E-state index in [2.05, 4.69) is 15.1 Å². The molecule has 134 valence electrons. The van der Waals surface area contributed by atoms with E-state index in [0.717, 1.165) is 6.42 Å². The van der Waals surface area contributed by atoms with E-state index >= 15 is 0 Å². The molecule has 1 atom stereocenters. The number of benzene rings is 1. The van der Waals surface area contributed by atoms with E-state index in [4.69, 9.17) is 16.1 Å². The van der Waals surface area contributed by atoms with Crippen molar-refractivity contribution in [3.05, 3.63) is 59.6 Å². The lowest BCUT2D eigenvalue weighted by Gasteiger charge is -2.21. The Labute approximate surface area is 155 Å². The normalized spacial score (nSPS) is 18.3. The van der Waals surface area contributed by atoms with Gasteiger partial charge in [0, 0.05) is 17.8 Å². The molecule has 1 fully saturated rings. The summed E-state index contributed by atoms with van der Waals surface area (Å²) in [6.45, 7) is 0.400. The third kappa shape index (κ3) is 3.11. The summed E-state index contributed by atoms with van der Waals surface area (Å²) >= 11 is 5.86. The van der Waals surface area contributed by atoms with Gasteiger partial charge in [0.05, 0.1) is 4.90 Å². The lowest BCUT2D eigenvalue weighted by atomic mass is 10.2. The zero-order chi connectivity index (χ0) is 18.1. The maximum absolute atomic E-state index is 13.0. The van der Waals surface area contributed by atoms with Crippen LogP contribution in [0.3, 0.4) is 0 Å². The SMILES string of the molecule is O=S(=O)(c1ccc(Cl)cc1)N1CCC[C@H]1c1nc(-c2ccccn2)no1. The molecule has 1 aliphatic rings. The Kier molecular flexibility index (Phi) is 4.47. The molecule has 0 saturated carbocycles. The second kappa shape index (κ2) is 6.79. The first-order valence-corrected chi connectivity index (χ1v) is 9.90. The quantitative estimate of drug-likeness (QED) is 0.678. The molecule has 0 spiro atoms. The molecule has 0 unspecified atom stereocenters. The Balaban J connectivity index is 1.65. The van der Waals surface area contributed by atoms with E-state index in [-0.39, 0.29) is 10.8 Å². The number of nitrogens with zero attached hydrogens (tertiary/aromatic N) is 4. The van der Waals surface area contributed by atoms with Gasteiger partial charge >= 0.3 is 0 Å². The van der Waals surface area contributed by atoms with Crippen LogP contribution in [0.1, 0.15) is 24.8 Å².